The minimum absolute atomic E-state index is 0.0577. The highest BCUT2D eigenvalue weighted by molar-refractivity contribution is 5.92. The molecule has 2 N–H and O–H groups in total. The molecule has 0 saturated carbocycles. The number of carbonyl (C=O) groups is 1. The Balaban J connectivity index is 1.90. The summed E-state index contributed by atoms with van der Waals surface area (Å²) in [6.07, 6.45) is 4.11. The van der Waals surface area contributed by atoms with E-state index in [2.05, 4.69) is 40.9 Å². The third-order valence-corrected chi connectivity index (χ3v) is 4.85. The predicted molar refractivity (Wildman–Crippen MR) is 105 cm³/mol. The molecule has 4 aromatic rings. The van der Waals surface area contributed by atoms with Crippen LogP contribution < -0.4 is 0 Å². The van der Waals surface area contributed by atoms with Gasteiger partial charge in [0.15, 0.2) is 0 Å². The first kappa shape index (κ1) is 17.0. The number of pyridine rings is 2. The van der Waals surface area contributed by atoms with E-state index in [4.69, 9.17) is 0 Å². The molecule has 3 aromatic heterocycles. The standard InChI is InChI=1S/C22H19N3O2/c1-13-9-17-18(11-16-6-3-7-19(24-16)22(26)27)21(15-5-4-8-23-12-15)25-20(17)10-14(13)2/h3-10,12,25H,11H2,1-2H3,(H,26,27). The van der Waals surface area contributed by atoms with Gasteiger partial charge in [0.2, 0.25) is 0 Å². The van der Waals surface area contributed by atoms with Crippen molar-refractivity contribution in [2.75, 3.05) is 0 Å². The summed E-state index contributed by atoms with van der Waals surface area (Å²) in [6.45, 7) is 4.19. The van der Waals surface area contributed by atoms with Gasteiger partial charge in [0.25, 0.3) is 0 Å². The first-order valence-electron chi connectivity index (χ1n) is 8.74. The zero-order chi connectivity index (χ0) is 19.0. The summed E-state index contributed by atoms with van der Waals surface area (Å²) in [7, 11) is 0. The van der Waals surface area contributed by atoms with Crippen LogP contribution in [0.4, 0.5) is 0 Å². The van der Waals surface area contributed by atoms with Crippen molar-refractivity contribution in [1.82, 2.24) is 15.0 Å². The number of aryl methyl sites for hydroxylation is 2. The van der Waals surface area contributed by atoms with Gasteiger partial charge in [0.05, 0.1) is 5.69 Å². The van der Waals surface area contributed by atoms with Gasteiger partial charge in [0.1, 0.15) is 5.69 Å². The Morgan fingerprint density at radius 2 is 1.93 bits per heavy atom. The third kappa shape index (κ3) is 3.19. The van der Waals surface area contributed by atoms with Crippen LogP contribution in [-0.2, 0) is 6.42 Å². The van der Waals surface area contributed by atoms with E-state index in [0.717, 1.165) is 33.4 Å². The molecule has 0 unspecified atom stereocenters. The third-order valence-electron chi connectivity index (χ3n) is 4.85. The fourth-order valence-corrected chi connectivity index (χ4v) is 3.33. The van der Waals surface area contributed by atoms with Gasteiger partial charge in [-0.2, -0.15) is 0 Å². The quantitative estimate of drug-likeness (QED) is 0.562. The van der Waals surface area contributed by atoms with Crippen molar-refractivity contribution in [3.8, 4) is 11.3 Å². The maximum atomic E-state index is 11.3. The van der Waals surface area contributed by atoms with Crippen LogP contribution >= 0.6 is 0 Å². The van der Waals surface area contributed by atoms with Crippen LogP contribution in [0.1, 0.15) is 32.9 Å². The first-order valence-corrected chi connectivity index (χ1v) is 8.74. The van der Waals surface area contributed by atoms with Crippen molar-refractivity contribution in [1.29, 1.82) is 0 Å². The zero-order valence-corrected chi connectivity index (χ0v) is 15.2. The number of aromatic carboxylic acids is 1. The molecule has 0 atom stereocenters. The van der Waals surface area contributed by atoms with E-state index in [9.17, 15) is 9.90 Å². The van der Waals surface area contributed by atoms with Gasteiger partial charge in [-0.3, -0.25) is 4.98 Å². The molecule has 4 rings (SSSR count). The monoisotopic (exact) mass is 357 g/mol. The minimum Gasteiger partial charge on any atom is -0.477 e. The highest BCUT2D eigenvalue weighted by Gasteiger charge is 2.16. The average Bonchev–Trinajstić information content (AvgIpc) is 3.00. The van der Waals surface area contributed by atoms with Crippen molar-refractivity contribution in [2.45, 2.75) is 20.3 Å². The lowest BCUT2D eigenvalue weighted by Gasteiger charge is -2.07. The molecule has 0 amide bonds. The molecule has 0 aliphatic rings. The van der Waals surface area contributed by atoms with Crippen molar-refractivity contribution in [3.05, 3.63) is 82.9 Å². The maximum absolute atomic E-state index is 11.3. The van der Waals surface area contributed by atoms with Crippen LogP contribution in [0, 0.1) is 13.8 Å². The van der Waals surface area contributed by atoms with Crippen LogP contribution in [-0.4, -0.2) is 26.0 Å². The van der Waals surface area contributed by atoms with Crippen LogP contribution in [0.25, 0.3) is 22.2 Å². The van der Waals surface area contributed by atoms with Crippen molar-refractivity contribution in [3.63, 3.8) is 0 Å². The van der Waals surface area contributed by atoms with Crippen LogP contribution in [0.2, 0.25) is 0 Å². The smallest absolute Gasteiger partial charge is 0.354 e. The van der Waals surface area contributed by atoms with E-state index >= 15 is 0 Å². The number of hydrogen-bond donors (Lipinski definition) is 2. The number of fused-ring (bicyclic) bond motifs is 1. The number of carboxylic acids is 1. The number of nitrogens with zero attached hydrogens (tertiary/aromatic N) is 2. The van der Waals surface area contributed by atoms with Gasteiger partial charge in [-0.25, -0.2) is 9.78 Å². The molecule has 0 radical (unpaired) electrons. The van der Waals surface area contributed by atoms with Crippen molar-refractivity contribution in [2.24, 2.45) is 0 Å². The Morgan fingerprint density at radius 1 is 1.11 bits per heavy atom. The summed E-state index contributed by atoms with van der Waals surface area (Å²) in [5.41, 5.74) is 7.35. The lowest BCUT2D eigenvalue weighted by molar-refractivity contribution is 0.0690. The van der Waals surface area contributed by atoms with Crippen molar-refractivity contribution >= 4 is 16.9 Å². The zero-order valence-electron chi connectivity index (χ0n) is 15.2. The van der Waals surface area contributed by atoms with Gasteiger partial charge in [-0.15, -0.1) is 0 Å². The molecule has 0 aliphatic carbocycles. The van der Waals surface area contributed by atoms with Crippen molar-refractivity contribution < 1.29 is 9.90 Å². The lowest BCUT2D eigenvalue weighted by atomic mass is 9.99. The summed E-state index contributed by atoms with van der Waals surface area (Å²) in [5.74, 6) is -1.02. The van der Waals surface area contributed by atoms with Gasteiger partial charge < -0.3 is 10.1 Å². The predicted octanol–water partition coefficient (Wildman–Crippen LogP) is 4.53. The van der Waals surface area contributed by atoms with Crippen LogP contribution in [0.5, 0.6) is 0 Å². The second-order valence-electron chi connectivity index (χ2n) is 6.70. The molecule has 0 spiro atoms. The second-order valence-corrected chi connectivity index (χ2v) is 6.70. The Morgan fingerprint density at radius 3 is 2.67 bits per heavy atom. The highest BCUT2D eigenvalue weighted by Crippen LogP contribution is 2.33. The molecule has 5 nitrogen and oxygen atoms in total. The van der Waals surface area contributed by atoms with E-state index in [1.165, 1.54) is 17.2 Å². The molecule has 5 heteroatoms. The summed E-state index contributed by atoms with van der Waals surface area (Å²) in [6, 6.07) is 13.4. The Hall–Kier alpha value is -3.47. The minimum atomic E-state index is -1.02. The number of aromatic amines is 1. The summed E-state index contributed by atoms with van der Waals surface area (Å²) < 4.78 is 0. The molecule has 0 fully saturated rings. The molecule has 1 aromatic carbocycles. The Labute approximate surface area is 156 Å². The number of rotatable bonds is 4. The van der Waals surface area contributed by atoms with Gasteiger partial charge in [-0.05, 0) is 66.9 Å². The van der Waals surface area contributed by atoms with Crippen LogP contribution in [0.3, 0.4) is 0 Å². The number of H-pyrrole nitrogens is 1. The number of aromatic nitrogens is 3. The molecule has 0 saturated heterocycles. The largest absolute Gasteiger partial charge is 0.477 e. The number of benzene rings is 1. The maximum Gasteiger partial charge on any atom is 0.354 e. The first-order chi connectivity index (χ1) is 13.0. The molecule has 3 heterocycles. The Kier molecular flexibility index (Phi) is 4.20. The average molecular weight is 357 g/mol. The lowest BCUT2D eigenvalue weighted by Crippen LogP contribution is -2.03. The van der Waals surface area contributed by atoms with E-state index < -0.39 is 5.97 Å². The molecular weight excluding hydrogens is 338 g/mol. The molecule has 27 heavy (non-hydrogen) atoms. The topological polar surface area (TPSA) is 78.9 Å². The molecular formula is C22H19N3O2. The summed E-state index contributed by atoms with van der Waals surface area (Å²) in [5, 5.41) is 10.4. The fraction of sp³-hybridized carbons (Fsp3) is 0.136. The molecule has 0 aliphatic heterocycles. The fourth-order valence-electron chi connectivity index (χ4n) is 3.33. The van der Waals surface area contributed by atoms with E-state index in [-0.39, 0.29) is 5.69 Å². The van der Waals surface area contributed by atoms with Crippen LogP contribution in [0.15, 0.2) is 54.9 Å². The van der Waals surface area contributed by atoms with E-state index in [0.29, 0.717) is 6.42 Å². The molecule has 0 bridgehead atoms. The SMILES string of the molecule is Cc1cc2[nH]c(-c3cccnc3)c(Cc3cccc(C(=O)O)n3)c2cc1C. The summed E-state index contributed by atoms with van der Waals surface area (Å²) in [4.78, 5) is 23.3. The Bertz CT molecular complexity index is 1150. The van der Waals surface area contributed by atoms with Gasteiger partial charge in [-0.1, -0.05) is 6.07 Å². The summed E-state index contributed by atoms with van der Waals surface area (Å²) >= 11 is 0. The normalized spacial score (nSPS) is 11.0. The number of hydrogen-bond acceptors (Lipinski definition) is 3. The van der Waals surface area contributed by atoms with Gasteiger partial charge >= 0.3 is 5.97 Å². The highest BCUT2D eigenvalue weighted by atomic mass is 16.4. The number of nitrogens with one attached hydrogen (secondary N) is 1. The number of carboxylic acid groups (broad SMARTS) is 1. The van der Waals surface area contributed by atoms with E-state index in [1.807, 2.05) is 24.4 Å². The van der Waals surface area contributed by atoms with Gasteiger partial charge in [0, 0.05) is 41.0 Å². The second kappa shape index (κ2) is 6.68. The molecule has 134 valence electrons. The van der Waals surface area contributed by atoms with E-state index in [1.54, 1.807) is 12.3 Å².